The number of aliphatic hydroxyl groups is 1. The Kier molecular flexibility index (Phi) is 4.07. The lowest BCUT2D eigenvalue weighted by atomic mass is 10.00. The van der Waals surface area contributed by atoms with Crippen LogP contribution in [0.15, 0.2) is 24.4 Å². The summed E-state index contributed by atoms with van der Waals surface area (Å²) in [5.74, 6) is 0.569. The molecule has 0 spiro atoms. The van der Waals surface area contributed by atoms with E-state index in [2.05, 4.69) is 49.7 Å². The molecule has 1 aromatic carbocycles. The fourth-order valence-corrected chi connectivity index (χ4v) is 2.46. The van der Waals surface area contributed by atoms with Crippen molar-refractivity contribution in [1.82, 2.24) is 4.57 Å². The van der Waals surface area contributed by atoms with E-state index in [1.54, 1.807) is 0 Å². The molecule has 0 radical (unpaired) electrons. The van der Waals surface area contributed by atoms with Gasteiger partial charge in [0, 0.05) is 30.3 Å². The van der Waals surface area contributed by atoms with Crippen LogP contribution < -0.4 is 0 Å². The Morgan fingerprint density at radius 2 is 2.06 bits per heavy atom. The third kappa shape index (κ3) is 2.44. The standard InChI is InChI=1S/C16H23NO/c1-4-13-11-17(8-5-9-18)16-7-6-14(12(2)3)10-15(13)16/h6-7,10-12,18H,4-5,8-9H2,1-3H3. The monoisotopic (exact) mass is 245 g/mol. The average molecular weight is 245 g/mol. The summed E-state index contributed by atoms with van der Waals surface area (Å²) in [6.45, 7) is 7.82. The first-order chi connectivity index (χ1) is 8.67. The van der Waals surface area contributed by atoms with Gasteiger partial charge in [-0.25, -0.2) is 0 Å². The molecule has 0 fully saturated rings. The summed E-state index contributed by atoms with van der Waals surface area (Å²) in [7, 11) is 0. The van der Waals surface area contributed by atoms with E-state index < -0.39 is 0 Å². The molecule has 2 nitrogen and oxygen atoms in total. The Labute approximate surface area is 109 Å². The first-order valence-electron chi connectivity index (χ1n) is 6.90. The molecule has 0 aliphatic rings. The highest BCUT2D eigenvalue weighted by Gasteiger charge is 2.09. The van der Waals surface area contributed by atoms with Gasteiger partial charge in [0.15, 0.2) is 0 Å². The molecule has 0 saturated carbocycles. The van der Waals surface area contributed by atoms with Gasteiger partial charge in [0.1, 0.15) is 0 Å². The fraction of sp³-hybridized carbons (Fsp3) is 0.500. The molecule has 0 saturated heterocycles. The predicted molar refractivity (Wildman–Crippen MR) is 77.1 cm³/mol. The molecule has 0 unspecified atom stereocenters. The van der Waals surface area contributed by atoms with Crippen molar-refractivity contribution in [2.45, 2.75) is 46.1 Å². The summed E-state index contributed by atoms with van der Waals surface area (Å²) >= 11 is 0. The molecule has 0 bridgehead atoms. The van der Waals surface area contributed by atoms with Crippen LogP contribution in [0.25, 0.3) is 10.9 Å². The van der Waals surface area contributed by atoms with E-state index in [9.17, 15) is 0 Å². The minimum absolute atomic E-state index is 0.255. The van der Waals surface area contributed by atoms with Crippen LogP contribution in [0, 0.1) is 0 Å². The topological polar surface area (TPSA) is 25.2 Å². The Morgan fingerprint density at radius 1 is 1.28 bits per heavy atom. The molecule has 0 aliphatic carbocycles. The largest absolute Gasteiger partial charge is 0.396 e. The Hall–Kier alpha value is -1.28. The van der Waals surface area contributed by atoms with Crippen molar-refractivity contribution in [3.05, 3.63) is 35.5 Å². The zero-order valence-electron chi connectivity index (χ0n) is 11.6. The number of nitrogens with zero attached hydrogens (tertiary/aromatic N) is 1. The zero-order chi connectivity index (χ0) is 13.1. The van der Waals surface area contributed by atoms with Gasteiger partial charge < -0.3 is 9.67 Å². The summed E-state index contributed by atoms with van der Waals surface area (Å²) in [6, 6.07) is 6.78. The Balaban J connectivity index is 2.49. The smallest absolute Gasteiger partial charge is 0.0483 e. The van der Waals surface area contributed by atoms with Crippen molar-refractivity contribution in [3.8, 4) is 0 Å². The van der Waals surface area contributed by atoms with Crippen LogP contribution in [-0.2, 0) is 13.0 Å². The second-order valence-electron chi connectivity index (χ2n) is 5.21. The van der Waals surface area contributed by atoms with Gasteiger partial charge >= 0.3 is 0 Å². The number of rotatable bonds is 5. The highest BCUT2D eigenvalue weighted by atomic mass is 16.3. The number of fused-ring (bicyclic) bond motifs is 1. The minimum Gasteiger partial charge on any atom is -0.396 e. The number of aromatic nitrogens is 1. The van der Waals surface area contributed by atoms with Gasteiger partial charge in [-0.1, -0.05) is 26.8 Å². The normalized spacial score (nSPS) is 11.6. The predicted octanol–water partition coefficient (Wildman–Crippen LogP) is 3.71. The van der Waals surface area contributed by atoms with E-state index in [1.165, 1.54) is 22.0 Å². The molecule has 0 amide bonds. The highest BCUT2D eigenvalue weighted by molar-refractivity contribution is 5.84. The number of hydrogen-bond acceptors (Lipinski definition) is 1. The van der Waals surface area contributed by atoms with Crippen LogP contribution in [0.4, 0.5) is 0 Å². The quantitative estimate of drug-likeness (QED) is 0.853. The number of hydrogen-bond donors (Lipinski definition) is 1. The molecule has 98 valence electrons. The molecular weight excluding hydrogens is 222 g/mol. The average Bonchev–Trinajstić information content (AvgIpc) is 2.73. The maximum Gasteiger partial charge on any atom is 0.0483 e. The van der Waals surface area contributed by atoms with Gasteiger partial charge in [0.05, 0.1) is 0 Å². The minimum atomic E-state index is 0.255. The van der Waals surface area contributed by atoms with Crippen molar-refractivity contribution in [2.75, 3.05) is 6.61 Å². The van der Waals surface area contributed by atoms with Gasteiger partial charge in [-0.2, -0.15) is 0 Å². The Morgan fingerprint density at radius 3 is 2.67 bits per heavy atom. The van der Waals surface area contributed by atoms with Gasteiger partial charge in [-0.3, -0.25) is 0 Å². The van der Waals surface area contributed by atoms with Gasteiger partial charge in [0.25, 0.3) is 0 Å². The van der Waals surface area contributed by atoms with Crippen LogP contribution in [0.2, 0.25) is 0 Å². The molecule has 18 heavy (non-hydrogen) atoms. The van der Waals surface area contributed by atoms with Crippen molar-refractivity contribution < 1.29 is 5.11 Å². The molecule has 2 rings (SSSR count). The van der Waals surface area contributed by atoms with Crippen LogP contribution in [0.5, 0.6) is 0 Å². The molecule has 2 aromatic rings. The first-order valence-corrected chi connectivity index (χ1v) is 6.90. The third-order valence-corrected chi connectivity index (χ3v) is 3.59. The van der Waals surface area contributed by atoms with Crippen molar-refractivity contribution in [1.29, 1.82) is 0 Å². The molecule has 0 aliphatic heterocycles. The van der Waals surface area contributed by atoms with Gasteiger partial charge in [-0.05, 0) is 42.0 Å². The van der Waals surface area contributed by atoms with Crippen LogP contribution in [0.3, 0.4) is 0 Å². The van der Waals surface area contributed by atoms with Crippen molar-refractivity contribution >= 4 is 10.9 Å². The SMILES string of the molecule is CCc1cn(CCCO)c2ccc(C(C)C)cc12. The Bertz CT molecular complexity index is 525. The summed E-state index contributed by atoms with van der Waals surface area (Å²) in [5.41, 5.74) is 4.10. The summed E-state index contributed by atoms with van der Waals surface area (Å²) < 4.78 is 2.27. The van der Waals surface area contributed by atoms with Gasteiger partial charge in [0.2, 0.25) is 0 Å². The lowest BCUT2D eigenvalue weighted by Crippen LogP contribution is -1.98. The van der Waals surface area contributed by atoms with Crippen molar-refractivity contribution in [2.24, 2.45) is 0 Å². The molecule has 1 aromatic heterocycles. The number of aryl methyl sites for hydroxylation is 2. The van der Waals surface area contributed by atoms with Crippen LogP contribution in [0.1, 0.15) is 44.2 Å². The van der Waals surface area contributed by atoms with Crippen LogP contribution >= 0.6 is 0 Å². The molecule has 1 heterocycles. The van der Waals surface area contributed by atoms with E-state index in [1.807, 2.05) is 0 Å². The highest BCUT2D eigenvalue weighted by Crippen LogP contribution is 2.26. The third-order valence-electron chi connectivity index (χ3n) is 3.59. The molecule has 0 atom stereocenters. The molecule has 1 N–H and O–H groups in total. The maximum atomic E-state index is 8.97. The van der Waals surface area contributed by atoms with E-state index in [0.717, 1.165) is 19.4 Å². The van der Waals surface area contributed by atoms with E-state index in [0.29, 0.717) is 5.92 Å². The lowest BCUT2D eigenvalue weighted by Gasteiger charge is -2.07. The van der Waals surface area contributed by atoms with Crippen molar-refractivity contribution in [3.63, 3.8) is 0 Å². The van der Waals surface area contributed by atoms with E-state index in [4.69, 9.17) is 5.11 Å². The summed E-state index contributed by atoms with van der Waals surface area (Å²) in [5, 5.41) is 10.3. The second-order valence-corrected chi connectivity index (χ2v) is 5.21. The second kappa shape index (κ2) is 5.57. The zero-order valence-corrected chi connectivity index (χ0v) is 11.6. The first kappa shape index (κ1) is 13.2. The summed E-state index contributed by atoms with van der Waals surface area (Å²) in [4.78, 5) is 0. The van der Waals surface area contributed by atoms with E-state index in [-0.39, 0.29) is 6.61 Å². The fourth-order valence-electron chi connectivity index (χ4n) is 2.46. The van der Waals surface area contributed by atoms with Crippen LogP contribution in [-0.4, -0.2) is 16.3 Å². The van der Waals surface area contributed by atoms with E-state index >= 15 is 0 Å². The number of aliphatic hydroxyl groups excluding tert-OH is 1. The summed E-state index contributed by atoms with van der Waals surface area (Å²) in [6.07, 6.45) is 4.12. The lowest BCUT2D eigenvalue weighted by molar-refractivity contribution is 0.280. The van der Waals surface area contributed by atoms with Gasteiger partial charge in [-0.15, -0.1) is 0 Å². The maximum absolute atomic E-state index is 8.97. The molecule has 2 heteroatoms. The number of benzene rings is 1. The molecular formula is C16H23NO.